The fourth-order valence-corrected chi connectivity index (χ4v) is 3.77. The number of fused-ring (bicyclic) bond motifs is 1. The minimum Gasteiger partial charge on any atom is -0.497 e. The maximum absolute atomic E-state index is 12.6. The Morgan fingerprint density at radius 2 is 1.97 bits per heavy atom. The predicted octanol–water partition coefficient (Wildman–Crippen LogP) is 4.69. The molecular formula is C25H30N2O4. The molecule has 0 aliphatic rings. The van der Waals surface area contributed by atoms with E-state index in [1.807, 2.05) is 43.0 Å². The summed E-state index contributed by atoms with van der Waals surface area (Å²) in [5, 5.41) is 3.82. The highest BCUT2D eigenvalue weighted by Crippen LogP contribution is 2.27. The van der Waals surface area contributed by atoms with Gasteiger partial charge in [0.2, 0.25) is 5.91 Å². The first kappa shape index (κ1) is 22.6. The maximum Gasteiger partial charge on any atom is 0.336 e. The lowest BCUT2D eigenvalue weighted by Crippen LogP contribution is -2.33. The maximum atomic E-state index is 12.6. The van der Waals surface area contributed by atoms with Crippen LogP contribution in [-0.4, -0.2) is 31.0 Å². The van der Waals surface area contributed by atoms with E-state index in [2.05, 4.69) is 25.2 Å². The van der Waals surface area contributed by atoms with Crippen molar-refractivity contribution in [3.63, 3.8) is 0 Å². The molecular weight excluding hydrogens is 392 g/mol. The number of nitrogens with zero attached hydrogens (tertiary/aromatic N) is 1. The number of anilines is 1. The Bertz CT molecular complexity index is 1130. The van der Waals surface area contributed by atoms with Gasteiger partial charge in [0.15, 0.2) is 0 Å². The molecule has 0 unspecified atom stereocenters. The summed E-state index contributed by atoms with van der Waals surface area (Å²) in [6, 6.07) is 12.8. The van der Waals surface area contributed by atoms with Crippen LogP contribution in [0.15, 0.2) is 51.7 Å². The molecule has 0 saturated heterocycles. The molecule has 0 saturated carbocycles. The van der Waals surface area contributed by atoms with E-state index in [1.165, 1.54) is 11.6 Å². The lowest BCUT2D eigenvalue weighted by molar-refractivity contribution is -0.117. The molecule has 0 aliphatic carbocycles. The standard InChI is InChI=1S/C25H30N2O4/c1-6-27(15-24(28)26-19-8-7-9-20(12-19)30-5)14-18-11-25(29)31-23-10-17(4)21(16(2)3)13-22(18)23/h7-13,16H,6,14-15H2,1-5H3,(H,26,28). The smallest absolute Gasteiger partial charge is 0.336 e. The van der Waals surface area contributed by atoms with Crippen molar-refractivity contribution in [1.82, 2.24) is 4.90 Å². The van der Waals surface area contributed by atoms with Gasteiger partial charge in [-0.3, -0.25) is 9.69 Å². The molecule has 164 valence electrons. The lowest BCUT2D eigenvalue weighted by atomic mass is 9.95. The van der Waals surface area contributed by atoms with Crippen LogP contribution >= 0.6 is 0 Å². The zero-order chi connectivity index (χ0) is 22.5. The third-order valence-electron chi connectivity index (χ3n) is 5.40. The minimum absolute atomic E-state index is 0.124. The summed E-state index contributed by atoms with van der Waals surface area (Å²) in [5.74, 6) is 0.921. The molecule has 1 heterocycles. The molecule has 0 fully saturated rings. The van der Waals surface area contributed by atoms with Gasteiger partial charge in [-0.05, 0) is 60.3 Å². The number of amides is 1. The van der Waals surface area contributed by atoms with Crippen molar-refractivity contribution >= 4 is 22.6 Å². The normalized spacial score (nSPS) is 11.3. The molecule has 6 heteroatoms. The van der Waals surface area contributed by atoms with Crippen molar-refractivity contribution < 1.29 is 13.9 Å². The monoisotopic (exact) mass is 422 g/mol. The van der Waals surface area contributed by atoms with Gasteiger partial charge in [0.1, 0.15) is 11.3 Å². The summed E-state index contributed by atoms with van der Waals surface area (Å²) in [6.45, 7) is 9.67. The van der Waals surface area contributed by atoms with Gasteiger partial charge in [-0.1, -0.05) is 26.8 Å². The van der Waals surface area contributed by atoms with Crippen molar-refractivity contribution in [2.45, 2.75) is 40.2 Å². The highest BCUT2D eigenvalue weighted by molar-refractivity contribution is 5.92. The van der Waals surface area contributed by atoms with Crippen molar-refractivity contribution in [2.75, 3.05) is 25.5 Å². The Morgan fingerprint density at radius 1 is 1.19 bits per heavy atom. The Kier molecular flexibility index (Phi) is 7.13. The molecule has 0 radical (unpaired) electrons. The molecule has 0 spiro atoms. The summed E-state index contributed by atoms with van der Waals surface area (Å²) < 4.78 is 10.7. The van der Waals surface area contributed by atoms with Gasteiger partial charge >= 0.3 is 5.63 Å². The number of nitrogens with one attached hydrogen (secondary N) is 1. The van der Waals surface area contributed by atoms with Crippen LogP contribution in [-0.2, 0) is 11.3 Å². The average Bonchev–Trinajstić information content (AvgIpc) is 2.72. The number of ether oxygens (including phenoxy) is 1. The largest absolute Gasteiger partial charge is 0.497 e. The fraction of sp³-hybridized carbons (Fsp3) is 0.360. The third-order valence-corrected chi connectivity index (χ3v) is 5.40. The van der Waals surface area contributed by atoms with E-state index in [1.54, 1.807) is 13.2 Å². The second-order valence-electron chi connectivity index (χ2n) is 8.03. The highest BCUT2D eigenvalue weighted by atomic mass is 16.5. The minimum atomic E-state index is -0.379. The SMILES string of the molecule is CCN(CC(=O)Nc1cccc(OC)c1)Cc1cc(=O)oc2cc(C)c(C(C)C)cc12. The predicted molar refractivity (Wildman–Crippen MR) is 124 cm³/mol. The van der Waals surface area contributed by atoms with E-state index in [-0.39, 0.29) is 18.1 Å². The van der Waals surface area contributed by atoms with E-state index >= 15 is 0 Å². The number of carbonyl (C=O) groups excluding carboxylic acids is 1. The molecule has 1 N–H and O–H groups in total. The van der Waals surface area contributed by atoms with Gasteiger partial charge in [0, 0.05) is 29.8 Å². The Labute approximate surface area is 182 Å². The van der Waals surface area contributed by atoms with Crippen molar-refractivity contribution in [2.24, 2.45) is 0 Å². The molecule has 1 amide bonds. The molecule has 0 bridgehead atoms. The quantitative estimate of drug-likeness (QED) is 0.533. The highest BCUT2D eigenvalue weighted by Gasteiger charge is 2.15. The summed E-state index contributed by atoms with van der Waals surface area (Å²) >= 11 is 0. The molecule has 1 aromatic heterocycles. The number of aryl methyl sites for hydroxylation is 1. The molecule has 3 aromatic rings. The van der Waals surface area contributed by atoms with Crippen LogP contribution in [0, 0.1) is 6.92 Å². The second kappa shape index (κ2) is 9.79. The van der Waals surface area contributed by atoms with E-state index in [0.29, 0.717) is 36.0 Å². The summed E-state index contributed by atoms with van der Waals surface area (Å²) in [6.07, 6.45) is 0. The van der Waals surface area contributed by atoms with Crippen molar-refractivity contribution in [1.29, 1.82) is 0 Å². The van der Waals surface area contributed by atoms with E-state index < -0.39 is 0 Å². The van der Waals surface area contributed by atoms with Gasteiger partial charge < -0.3 is 14.5 Å². The van der Waals surface area contributed by atoms with E-state index in [4.69, 9.17) is 9.15 Å². The van der Waals surface area contributed by atoms with Crippen LogP contribution in [0.4, 0.5) is 5.69 Å². The van der Waals surface area contributed by atoms with Gasteiger partial charge in [0.25, 0.3) is 0 Å². The van der Waals surface area contributed by atoms with Gasteiger partial charge in [-0.2, -0.15) is 0 Å². The van der Waals surface area contributed by atoms with Crippen LogP contribution in [0.3, 0.4) is 0 Å². The van der Waals surface area contributed by atoms with Crippen LogP contribution in [0.25, 0.3) is 11.0 Å². The van der Waals surface area contributed by atoms with Crippen LogP contribution in [0.5, 0.6) is 5.75 Å². The van der Waals surface area contributed by atoms with Crippen LogP contribution < -0.4 is 15.7 Å². The van der Waals surface area contributed by atoms with Crippen molar-refractivity contribution in [3.05, 3.63) is 69.6 Å². The second-order valence-corrected chi connectivity index (χ2v) is 8.03. The number of rotatable bonds is 8. The summed E-state index contributed by atoms with van der Waals surface area (Å²) in [7, 11) is 1.59. The third kappa shape index (κ3) is 5.52. The van der Waals surface area contributed by atoms with Crippen LogP contribution in [0.2, 0.25) is 0 Å². The first-order valence-corrected chi connectivity index (χ1v) is 10.5. The number of carbonyl (C=O) groups is 1. The first-order chi connectivity index (χ1) is 14.8. The fourth-order valence-electron chi connectivity index (χ4n) is 3.77. The Hall–Kier alpha value is -3.12. The van der Waals surface area contributed by atoms with Gasteiger partial charge in [-0.15, -0.1) is 0 Å². The first-order valence-electron chi connectivity index (χ1n) is 10.5. The number of benzene rings is 2. The molecule has 3 rings (SSSR count). The zero-order valence-electron chi connectivity index (χ0n) is 18.8. The summed E-state index contributed by atoms with van der Waals surface area (Å²) in [5.41, 5.74) is 4.08. The van der Waals surface area contributed by atoms with Gasteiger partial charge in [0.05, 0.1) is 13.7 Å². The average molecular weight is 423 g/mol. The van der Waals surface area contributed by atoms with Gasteiger partial charge in [-0.25, -0.2) is 4.79 Å². The number of likely N-dealkylation sites (N-methyl/N-ethyl adjacent to an activating group) is 1. The number of hydrogen-bond donors (Lipinski definition) is 1. The molecule has 31 heavy (non-hydrogen) atoms. The van der Waals surface area contributed by atoms with E-state index in [0.717, 1.165) is 16.5 Å². The molecule has 6 nitrogen and oxygen atoms in total. The molecule has 2 aromatic carbocycles. The topological polar surface area (TPSA) is 71.8 Å². The van der Waals surface area contributed by atoms with E-state index in [9.17, 15) is 9.59 Å². The Balaban J connectivity index is 1.82. The number of methoxy groups -OCH3 is 1. The number of hydrogen-bond acceptors (Lipinski definition) is 5. The van der Waals surface area contributed by atoms with Crippen molar-refractivity contribution in [3.8, 4) is 5.75 Å². The zero-order valence-corrected chi connectivity index (χ0v) is 18.8. The summed E-state index contributed by atoms with van der Waals surface area (Å²) in [4.78, 5) is 26.8. The Morgan fingerprint density at radius 3 is 2.65 bits per heavy atom. The lowest BCUT2D eigenvalue weighted by Gasteiger charge is -2.21. The molecule has 0 atom stereocenters. The van der Waals surface area contributed by atoms with Crippen LogP contribution in [0.1, 0.15) is 43.4 Å². The molecule has 0 aliphatic heterocycles.